The Labute approximate surface area is 156 Å². The largest absolute Gasteiger partial charge is 0.468 e. The normalized spacial score (nSPS) is 24.8. The van der Waals surface area contributed by atoms with E-state index in [0.717, 1.165) is 5.56 Å². The second kappa shape index (κ2) is 7.34. The third kappa shape index (κ3) is 3.37. The number of carbonyl (C=O) groups is 4. The smallest absolute Gasteiger partial charge is 0.337 e. The van der Waals surface area contributed by atoms with Crippen LogP contribution >= 0.6 is 0 Å². The van der Waals surface area contributed by atoms with Gasteiger partial charge < -0.3 is 14.8 Å². The van der Waals surface area contributed by atoms with Crippen molar-refractivity contribution in [2.75, 3.05) is 14.2 Å². The molecule has 1 aromatic carbocycles. The molecule has 1 heterocycles. The topological polar surface area (TPSA) is 98.8 Å². The van der Waals surface area contributed by atoms with Crippen molar-refractivity contribution in [1.82, 2.24) is 5.32 Å². The number of hydrogen-bond acceptors (Lipinski definition) is 6. The number of benzene rings is 1. The minimum atomic E-state index is -0.874. The summed E-state index contributed by atoms with van der Waals surface area (Å²) in [6.45, 7) is 1.80. The molecule has 0 bridgehead atoms. The molecule has 3 unspecified atom stereocenters. The van der Waals surface area contributed by atoms with Gasteiger partial charge in [-0.15, -0.1) is 0 Å². The van der Waals surface area contributed by atoms with Crippen LogP contribution in [-0.4, -0.2) is 37.8 Å². The molecular weight excluding hydrogens is 350 g/mol. The lowest BCUT2D eigenvalue weighted by atomic mass is 9.70. The third-order valence-corrected chi connectivity index (χ3v) is 5.19. The molecule has 3 atom stereocenters. The second-order valence-corrected chi connectivity index (χ2v) is 6.86. The highest BCUT2D eigenvalue weighted by Gasteiger charge is 2.45. The van der Waals surface area contributed by atoms with E-state index in [0.29, 0.717) is 23.3 Å². The van der Waals surface area contributed by atoms with Crippen molar-refractivity contribution < 1.29 is 28.7 Å². The number of carbonyl (C=O) groups excluding carboxylic acids is 4. The maximum absolute atomic E-state index is 13.1. The summed E-state index contributed by atoms with van der Waals surface area (Å²) in [5.41, 5.74) is 2.14. The fraction of sp³-hybridized carbons (Fsp3) is 0.400. The van der Waals surface area contributed by atoms with Gasteiger partial charge in [0.2, 0.25) is 5.91 Å². The minimum Gasteiger partial charge on any atom is -0.468 e. The minimum absolute atomic E-state index is 0.102. The average Bonchev–Trinajstić information content (AvgIpc) is 2.66. The van der Waals surface area contributed by atoms with Gasteiger partial charge in [-0.2, -0.15) is 0 Å². The number of rotatable bonds is 3. The first-order valence-electron chi connectivity index (χ1n) is 8.70. The molecule has 142 valence electrons. The molecule has 1 amide bonds. The zero-order valence-electron chi connectivity index (χ0n) is 15.4. The lowest BCUT2D eigenvalue weighted by molar-refractivity contribution is -0.151. The molecule has 3 rings (SSSR count). The van der Waals surface area contributed by atoms with Gasteiger partial charge in [0.25, 0.3) is 0 Å². The molecule has 1 aliphatic heterocycles. The summed E-state index contributed by atoms with van der Waals surface area (Å²) in [6, 6.07) is 6.61. The Hall–Kier alpha value is -2.96. The molecule has 0 aromatic heterocycles. The SMILES string of the molecule is COC(=O)c1ccc(C2CC(=O)NC3=C2C(=O)C(C(=O)OC)C(C)C3)cc1. The predicted octanol–water partition coefficient (Wildman–Crippen LogP) is 1.73. The summed E-state index contributed by atoms with van der Waals surface area (Å²) in [7, 11) is 2.56. The number of hydrogen-bond donors (Lipinski definition) is 1. The molecule has 0 saturated heterocycles. The lowest BCUT2D eigenvalue weighted by Crippen LogP contribution is -2.44. The monoisotopic (exact) mass is 371 g/mol. The highest BCUT2D eigenvalue weighted by atomic mass is 16.5. The van der Waals surface area contributed by atoms with Crippen LogP contribution in [-0.2, 0) is 23.9 Å². The van der Waals surface area contributed by atoms with E-state index in [1.807, 2.05) is 0 Å². The van der Waals surface area contributed by atoms with Crippen molar-refractivity contribution in [2.24, 2.45) is 11.8 Å². The standard InChI is InChI=1S/C20H21NO6/c1-10-8-14-17(18(23)16(10)20(25)27-3)13(9-15(22)21-14)11-4-6-12(7-5-11)19(24)26-2/h4-7,10,13,16H,8-9H2,1-3H3,(H,21,22). The number of amides is 1. The fourth-order valence-electron chi connectivity index (χ4n) is 3.85. The predicted molar refractivity (Wildman–Crippen MR) is 94.6 cm³/mol. The van der Waals surface area contributed by atoms with Gasteiger partial charge in [0, 0.05) is 23.6 Å². The first-order valence-corrected chi connectivity index (χ1v) is 8.70. The van der Waals surface area contributed by atoms with Gasteiger partial charge in [0.1, 0.15) is 5.92 Å². The summed E-state index contributed by atoms with van der Waals surface area (Å²) in [5.74, 6) is -3.10. The Morgan fingerprint density at radius 3 is 2.30 bits per heavy atom. The van der Waals surface area contributed by atoms with Crippen molar-refractivity contribution in [3.05, 3.63) is 46.7 Å². The Morgan fingerprint density at radius 2 is 1.70 bits per heavy atom. The van der Waals surface area contributed by atoms with Gasteiger partial charge >= 0.3 is 11.9 Å². The molecule has 0 saturated carbocycles. The second-order valence-electron chi connectivity index (χ2n) is 6.86. The fourth-order valence-corrected chi connectivity index (χ4v) is 3.85. The maximum Gasteiger partial charge on any atom is 0.337 e. The number of allylic oxidation sites excluding steroid dienone is 2. The number of ether oxygens (including phenoxy) is 2. The highest BCUT2D eigenvalue weighted by molar-refractivity contribution is 6.11. The average molecular weight is 371 g/mol. The number of Topliss-reactive ketones (excluding diaryl/α,β-unsaturated/α-hetero) is 1. The van der Waals surface area contributed by atoms with Crippen LogP contribution in [0.1, 0.15) is 41.6 Å². The van der Waals surface area contributed by atoms with Gasteiger partial charge in [-0.3, -0.25) is 14.4 Å². The lowest BCUT2D eigenvalue weighted by Gasteiger charge is -2.36. The summed E-state index contributed by atoms with van der Waals surface area (Å²) in [4.78, 5) is 49.0. The van der Waals surface area contributed by atoms with E-state index >= 15 is 0 Å². The van der Waals surface area contributed by atoms with E-state index in [1.165, 1.54) is 14.2 Å². The van der Waals surface area contributed by atoms with Gasteiger partial charge in [-0.1, -0.05) is 19.1 Å². The number of ketones is 1. The molecule has 1 aliphatic carbocycles. The Kier molecular flexibility index (Phi) is 5.12. The maximum atomic E-state index is 13.1. The summed E-state index contributed by atoms with van der Waals surface area (Å²) < 4.78 is 9.49. The molecule has 1 aromatic rings. The molecule has 27 heavy (non-hydrogen) atoms. The molecule has 1 N–H and O–H groups in total. The van der Waals surface area contributed by atoms with Crippen LogP contribution in [0.3, 0.4) is 0 Å². The summed E-state index contributed by atoms with van der Waals surface area (Å²) >= 11 is 0. The number of nitrogens with one attached hydrogen (secondary N) is 1. The van der Waals surface area contributed by atoms with Crippen LogP contribution in [0, 0.1) is 11.8 Å². The zero-order valence-corrected chi connectivity index (χ0v) is 15.4. The van der Waals surface area contributed by atoms with Crippen molar-refractivity contribution in [3.8, 4) is 0 Å². The van der Waals surface area contributed by atoms with Gasteiger partial charge in [-0.25, -0.2) is 4.79 Å². The Balaban J connectivity index is 2.01. The van der Waals surface area contributed by atoms with E-state index in [2.05, 4.69) is 10.1 Å². The Morgan fingerprint density at radius 1 is 1.04 bits per heavy atom. The van der Waals surface area contributed by atoms with Crippen LogP contribution in [0.4, 0.5) is 0 Å². The zero-order chi connectivity index (χ0) is 19.7. The molecule has 7 nitrogen and oxygen atoms in total. The molecule has 2 aliphatic rings. The van der Waals surface area contributed by atoms with E-state index in [-0.39, 0.29) is 24.0 Å². The highest BCUT2D eigenvalue weighted by Crippen LogP contribution is 2.42. The first kappa shape index (κ1) is 18.8. The quantitative estimate of drug-likeness (QED) is 0.642. The van der Waals surface area contributed by atoms with Gasteiger partial charge in [0.05, 0.1) is 19.8 Å². The van der Waals surface area contributed by atoms with E-state index in [1.54, 1.807) is 31.2 Å². The third-order valence-electron chi connectivity index (χ3n) is 5.19. The first-order chi connectivity index (χ1) is 12.9. The Bertz CT molecular complexity index is 839. The number of esters is 2. The van der Waals surface area contributed by atoms with E-state index in [4.69, 9.17) is 4.74 Å². The van der Waals surface area contributed by atoms with E-state index < -0.39 is 23.8 Å². The van der Waals surface area contributed by atoms with Crippen molar-refractivity contribution in [2.45, 2.75) is 25.7 Å². The molecular formula is C20H21NO6. The number of methoxy groups -OCH3 is 2. The van der Waals surface area contributed by atoms with Crippen LogP contribution in [0.5, 0.6) is 0 Å². The molecule has 7 heteroatoms. The molecule has 0 radical (unpaired) electrons. The molecule has 0 spiro atoms. The van der Waals surface area contributed by atoms with Crippen molar-refractivity contribution in [1.29, 1.82) is 0 Å². The van der Waals surface area contributed by atoms with Crippen molar-refractivity contribution >= 4 is 23.6 Å². The molecule has 0 fully saturated rings. The summed E-state index contributed by atoms with van der Waals surface area (Å²) in [5, 5.41) is 2.79. The van der Waals surface area contributed by atoms with Gasteiger partial charge in [-0.05, 0) is 30.0 Å². The van der Waals surface area contributed by atoms with Crippen LogP contribution in [0.25, 0.3) is 0 Å². The van der Waals surface area contributed by atoms with Crippen LogP contribution in [0.2, 0.25) is 0 Å². The van der Waals surface area contributed by atoms with E-state index in [9.17, 15) is 19.2 Å². The van der Waals surface area contributed by atoms with Crippen LogP contribution in [0.15, 0.2) is 35.5 Å². The van der Waals surface area contributed by atoms with Gasteiger partial charge in [0.15, 0.2) is 5.78 Å². The van der Waals surface area contributed by atoms with Crippen LogP contribution < -0.4 is 5.32 Å². The summed E-state index contributed by atoms with van der Waals surface area (Å²) in [6.07, 6.45) is 0.522. The van der Waals surface area contributed by atoms with Crippen molar-refractivity contribution in [3.63, 3.8) is 0 Å².